The molecule has 0 spiro atoms. The zero-order chi connectivity index (χ0) is 46.5. The Morgan fingerprint density at radius 2 is 0.719 bits per heavy atom. The minimum Gasteiger partial charge on any atom is -0.466 e. The molecule has 0 saturated heterocycles. The van der Waals surface area contributed by atoms with Crippen molar-refractivity contribution in [2.24, 2.45) is 0 Å². The number of nitrogens with one attached hydrogen (secondary N) is 1. The number of carbonyl (C=O) groups is 2. The van der Waals surface area contributed by atoms with E-state index >= 15 is 0 Å². The summed E-state index contributed by atoms with van der Waals surface area (Å²) >= 11 is 0. The number of aliphatic hydroxyl groups is 2. The third kappa shape index (κ3) is 50.0. The molecule has 3 N–H and O–H groups in total. The van der Waals surface area contributed by atoms with Crippen LogP contribution >= 0.6 is 0 Å². The van der Waals surface area contributed by atoms with Crippen molar-refractivity contribution in [2.45, 2.75) is 334 Å². The van der Waals surface area contributed by atoms with Gasteiger partial charge in [0.15, 0.2) is 0 Å². The number of hydrogen-bond donors (Lipinski definition) is 3. The first-order valence-electron chi connectivity index (χ1n) is 29.0. The monoisotopic (exact) mass is 904 g/mol. The van der Waals surface area contributed by atoms with Gasteiger partial charge in [0.05, 0.1) is 25.4 Å². The van der Waals surface area contributed by atoms with E-state index in [0.717, 1.165) is 38.5 Å². The summed E-state index contributed by atoms with van der Waals surface area (Å²) in [6, 6.07) is -0.625. The third-order valence-corrected chi connectivity index (χ3v) is 13.6. The third-order valence-electron chi connectivity index (χ3n) is 13.6. The van der Waals surface area contributed by atoms with Crippen molar-refractivity contribution < 1.29 is 24.5 Å². The van der Waals surface area contributed by atoms with Crippen molar-refractivity contribution in [2.75, 3.05) is 13.2 Å². The Labute approximate surface area is 399 Å². The Morgan fingerprint density at radius 3 is 1.06 bits per heavy atom. The summed E-state index contributed by atoms with van der Waals surface area (Å²) < 4.78 is 5.48. The Morgan fingerprint density at radius 1 is 0.422 bits per heavy atom. The lowest BCUT2D eigenvalue weighted by Gasteiger charge is -2.20. The summed E-state index contributed by atoms with van der Waals surface area (Å²) in [4.78, 5) is 24.4. The van der Waals surface area contributed by atoms with Crippen LogP contribution in [-0.2, 0) is 14.3 Å². The van der Waals surface area contributed by atoms with Gasteiger partial charge >= 0.3 is 5.97 Å². The number of unbranched alkanes of at least 4 members (excludes halogenated alkanes) is 43. The molecule has 0 aliphatic carbocycles. The molecule has 0 fully saturated rings. The smallest absolute Gasteiger partial charge is 0.305 e. The van der Waals surface area contributed by atoms with Gasteiger partial charge in [0, 0.05) is 12.8 Å². The Balaban J connectivity index is 3.36. The van der Waals surface area contributed by atoms with Crippen LogP contribution in [0.4, 0.5) is 0 Å². The zero-order valence-electron chi connectivity index (χ0n) is 43.3. The Bertz CT molecular complexity index is 955. The molecule has 0 aliphatic heterocycles. The van der Waals surface area contributed by atoms with Crippen LogP contribution in [0.15, 0.2) is 12.2 Å². The first-order valence-corrected chi connectivity index (χ1v) is 29.0. The van der Waals surface area contributed by atoms with Crippen molar-refractivity contribution in [3.8, 4) is 0 Å². The van der Waals surface area contributed by atoms with E-state index in [-0.39, 0.29) is 18.5 Å². The molecule has 0 heterocycles. The SMILES string of the molecule is CCCCCCCCCCC/C=C/C(O)C(CO)NC(=O)CCCCCCCCCCCCCCCCCCCCCCCCCOC(=O)CCCCCCCCCCCCCCC. The van der Waals surface area contributed by atoms with E-state index in [4.69, 9.17) is 4.74 Å². The minimum absolute atomic E-state index is 0.0156. The van der Waals surface area contributed by atoms with Gasteiger partial charge in [-0.25, -0.2) is 0 Å². The van der Waals surface area contributed by atoms with E-state index < -0.39 is 12.1 Å². The molecule has 64 heavy (non-hydrogen) atoms. The quantitative estimate of drug-likeness (QED) is 0.0321. The van der Waals surface area contributed by atoms with E-state index in [1.54, 1.807) is 6.08 Å². The average molecular weight is 905 g/mol. The molecule has 1 amide bonds. The summed E-state index contributed by atoms with van der Waals surface area (Å²) in [7, 11) is 0. The fourth-order valence-electron chi connectivity index (χ4n) is 9.11. The molecule has 0 saturated carbocycles. The number of carbonyl (C=O) groups excluding carboxylic acids is 2. The largest absolute Gasteiger partial charge is 0.466 e. The summed E-state index contributed by atoms with van der Waals surface area (Å²) in [5, 5.41) is 23.0. The molecule has 0 aromatic carbocycles. The lowest BCUT2D eigenvalue weighted by Crippen LogP contribution is -2.45. The Kier molecular flexibility index (Phi) is 53.0. The van der Waals surface area contributed by atoms with Crippen LogP contribution in [0.2, 0.25) is 0 Å². The molecular weight excluding hydrogens is 791 g/mol. The van der Waals surface area contributed by atoms with Crippen LogP contribution in [0.3, 0.4) is 0 Å². The highest BCUT2D eigenvalue weighted by Crippen LogP contribution is 2.17. The van der Waals surface area contributed by atoms with E-state index in [0.29, 0.717) is 19.4 Å². The molecule has 0 radical (unpaired) electrons. The predicted octanol–water partition coefficient (Wildman–Crippen LogP) is 17.7. The standard InChI is InChI=1S/C58H113NO5/c1-3-5-7-9-11-13-15-27-32-36-40-44-48-52-58(63)64-53-49-45-41-37-33-29-26-24-22-20-18-16-17-19-21-23-25-28-31-35-39-43-47-51-57(62)59-55(54-60)56(61)50-46-42-38-34-30-14-12-10-8-6-4-2/h46,50,55-56,60-61H,3-45,47-49,51-54H2,1-2H3,(H,59,62)/b50-46+. The van der Waals surface area contributed by atoms with Gasteiger partial charge in [-0.3, -0.25) is 9.59 Å². The minimum atomic E-state index is -0.841. The molecule has 0 aromatic rings. The maximum absolute atomic E-state index is 12.4. The predicted molar refractivity (Wildman–Crippen MR) is 278 cm³/mol. The molecule has 0 rings (SSSR count). The highest BCUT2D eigenvalue weighted by atomic mass is 16.5. The van der Waals surface area contributed by atoms with Gasteiger partial charge in [-0.1, -0.05) is 289 Å². The second-order valence-electron chi connectivity index (χ2n) is 20.0. The summed E-state index contributed by atoms with van der Waals surface area (Å²) in [6.07, 6.45) is 63.9. The van der Waals surface area contributed by atoms with Crippen molar-refractivity contribution in [1.82, 2.24) is 5.32 Å². The summed E-state index contributed by atoms with van der Waals surface area (Å²) in [5.41, 5.74) is 0. The number of hydrogen-bond acceptors (Lipinski definition) is 5. The lowest BCUT2D eigenvalue weighted by atomic mass is 10.0. The molecule has 2 unspecified atom stereocenters. The summed E-state index contributed by atoms with van der Waals surface area (Å²) in [6.45, 7) is 4.91. The van der Waals surface area contributed by atoms with Crippen LogP contribution < -0.4 is 5.32 Å². The molecule has 6 heteroatoms. The van der Waals surface area contributed by atoms with E-state index in [1.165, 1.54) is 257 Å². The second-order valence-corrected chi connectivity index (χ2v) is 20.0. The maximum atomic E-state index is 12.4. The number of aliphatic hydroxyl groups excluding tert-OH is 2. The van der Waals surface area contributed by atoms with Crippen LogP contribution in [0, 0.1) is 0 Å². The zero-order valence-corrected chi connectivity index (χ0v) is 43.3. The molecular formula is C58H113NO5. The molecule has 0 aromatic heterocycles. The van der Waals surface area contributed by atoms with Crippen molar-refractivity contribution >= 4 is 11.9 Å². The van der Waals surface area contributed by atoms with E-state index in [9.17, 15) is 19.8 Å². The van der Waals surface area contributed by atoms with E-state index in [2.05, 4.69) is 19.2 Å². The maximum Gasteiger partial charge on any atom is 0.305 e. The normalized spacial score (nSPS) is 12.6. The number of allylic oxidation sites excluding steroid dienone is 1. The molecule has 0 bridgehead atoms. The highest BCUT2D eigenvalue weighted by molar-refractivity contribution is 5.76. The number of amides is 1. The number of esters is 1. The van der Waals surface area contributed by atoms with Crippen molar-refractivity contribution in [3.05, 3.63) is 12.2 Å². The molecule has 380 valence electrons. The van der Waals surface area contributed by atoms with Gasteiger partial charge in [0.1, 0.15) is 0 Å². The number of rotatable bonds is 54. The first kappa shape index (κ1) is 62.6. The van der Waals surface area contributed by atoms with Gasteiger partial charge in [0.2, 0.25) is 5.91 Å². The van der Waals surface area contributed by atoms with E-state index in [1.807, 2.05) is 6.08 Å². The molecule has 6 nitrogen and oxygen atoms in total. The van der Waals surface area contributed by atoms with Crippen LogP contribution in [-0.4, -0.2) is 47.4 Å². The topological polar surface area (TPSA) is 95.9 Å². The van der Waals surface area contributed by atoms with Gasteiger partial charge < -0.3 is 20.3 Å². The van der Waals surface area contributed by atoms with Crippen molar-refractivity contribution in [1.29, 1.82) is 0 Å². The van der Waals surface area contributed by atoms with Crippen LogP contribution in [0.5, 0.6) is 0 Å². The fourth-order valence-corrected chi connectivity index (χ4v) is 9.11. The van der Waals surface area contributed by atoms with Crippen LogP contribution in [0.1, 0.15) is 322 Å². The van der Waals surface area contributed by atoms with Gasteiger partial charge in [0.25, 0.3) is 0 Å². The Hall–Kier alpha value is -1.40. The lowest BCUT2D eigenvalue weighted by molar-refractivity contribution is -0.143. The first-order chi connectivity index (χ1) is 31.5. The van der Waals surface area contributed by atoms with Crippen molar-refractivity contribution in [3.63, 3.8) is 0 Å². The van der Waals surface area contributed by atoms with Gasteiger partial charge in [-0.15, -0.1) is 0 Å². The highest BCUT2D eigenvalue weighted by Gasteiger charge is 2.18. The molecule has 0 aliphatic rings. The van der Waals surface area contributed by atoms with Gasteiger partial charge in [-0.05, 0) is 32.1 Å². The fraction of sp³-hybridized carbons (Fsp3) is 0.931. The number of ether oxygens (including phenoxy) is 1. The summed E-state index contributed by atoms with van der Waals surface area (Å²) in [5.74, 6) is -0.0519. The van der Waals surface area contributed by atoms with Gasteiger partial charge in [-0.2, -0.15) is 0 Å². The van der Waals surface area contributed by atoms with Crippen LogP contribution in [0.25, 0.3) is 0 Å². The second kappa shape index (κ2) is 54.2. The molecule has 2 atom stereocenters. The average Bonchev–Trinajstić information content (AvgIpc) is 3.29.